The van der Waals surface area contributed by atoms with Crippen molar-refractivity contribution in [3.05, 3.63) is 315 Å². The van der Waals surface area contributed by atoms with Gasteiger partial charge in [0, 0.05) is 94.3 Å². The second-order valence-corrected chi connectivity index (χ2v) is 23.8. The molecule has 0 atom stereocenters. The van der Waals surface area contributed by atoms with Crippen LogP contribution in [-0.4, -0.2) is 13.4 Å². The van der Waals surface area contributed by atoms with Gasteiger partial charge >= 0.3 is 0 Å². The third kappa shape index (κ3) is 7.65. The van der Waals surface area contributed by atoms with Gasteiger partial charge in [0.1, 0.15) is 5.58 Å². The smallest absolute Gasteiger partial charge is 0.269 e. The molecule has 412 valence electrons. The number of furan rings is 1. The lowest BCUT2D eigenvalue weighted by Gasteiger charge is -2.45. The van der Waals surface area contributed by atoms with Gasteiger partial charge in [-0.3, -0.25) is 4.90 Å². The average molecular weight is 1140 g/mol. The number of benzene rings is 12. The molecule has 0 saturated heterocycles. The summed E-state index contributed by atoms with van der Waals surface area (Å²) in [4.78, 5) is 15.0. The number of nitrogens with zero attached hydrogens (tertiary/aromatic N) is 6. The van der Waals surface area contributed by atoms with Gasteiger partial charge in [-0.25, -0.2) is 0 Å². The summed E-state index contributed by atoms with van der Waals surface area (Å²) in [5.74, 6) is 0.822. The van der Waals surface area contributed by atoms with Crippen molar-refractivity contribution in [3.8, 4) is 0 Å². The molecule has 2 aromatic heterocycles. The first-order valence-electron chi connectivity index (χ1n) is 30.1. The Balaban J connectivity index is 1.00. The molecule has 0 amide bonds. The molecule has 4 aliphatic rings. The van der Waals surface area contributed by atoms with Gasteiger partial charge in [-0.2, -0.15) is 11.3 Å². The third-order valence-electron chi connectivity index (χ3n) is 17.9. The van der Waals surface area contributed by atoms with Gasteiger partial charge in [-0.1, -0.05) is 182 Å². The van der Waals surface area contributed by atoms with Crippen LogP contribution in [0.5, 0.6) is 0 Å². The van der Waals surface area contributed by atoms with E-state index in [4.69, 9.17) is 4.42 Å². The fraction of sp³-hybridized carbons (Fsp3) is 0. The number of hydrogen-bond acceptors (Lipinski definition) is 8. The second-order valence-electron chi connectivity index (χ2n) is 22.8. The molecular formula is C78H52B2N6OS. The van der Waals surface area contributed by atoms with Crippen LogP contribution < -0.4 is 60.8 Å². The van der Waals surface area contributed by atoms with Crippen LogP contribution in [0.15, 0.2) is 320 Å². The van der Waals surface area contributed by atoms with Crippen molar-refractivity contribution >= 4 is 170 Å². The van der Waals surface area contributed by atoms with E-state index in [1.165, 1.54) is 25.9 Å². The molecule has 0 aliphatic carbocycles. The zero-order chi connectivity index (χ0) is 57.8. The van der Waals surface area contributed by atoms with Crippen LogP contribution >= 0.6 is 11.3 Å². The van der Waals surface area contributed by atoms with Gasteiger partial charge in [0.05, 0.1) is 22.7 Å². The number of fused-ring (bicyclic) bond motifs is 11. The number of anilines is 18. The van der Waals surface area contributed by atoms with Crippen molar-refractivity contribution in [1.82, 2.24) is 0 Å². The van der Waals surface area contributed by atoms with E-state index in [0.717, 1.165) is 119 Å². The Kier molecular flexibility index (Phi) is 11.5. The Morgan fingerprint density at radius 2 is 0.625 bits per heavy atom. The number of hydrogen-bond donors (Lipinski definition) is 0. The van der Waals surface area contributed by atoms with Crippen molar-refractivity contribution in [2.75, 3.05) is 29.4 Å². The maximum Gasteiger partial charge on any atom is 0.269 e. The molecule has 14 aromatic rings. The Morgan fingerprint density at radius 1 is 0.284 bits per heavy atom. The zero-order valence-corrected chi connectivity index (χ0v) is 48.5. The maximum atomic E-state index is 7.41. The lowest BCUT2D eigenvalue weighted by molar-refractivity contribution is 0.623. The summed E-state index contributed by atoms with van der Waals surface area (Å²) in [6.45, 7) is -0.428. The largest absolute Gasteiger partial charge is 0.440 e. The van der Waals surface area contributed by atoms with Gasteiger partial charge in [-0.15, -0.1) is 0 Å². The van der Waals surface area contributed by atoms with E-state index >= 15 is 0 Å². The summed E-state index contributed by atoms with van der Waals surface area (Å²) in [6.07, 6.45) is 0. The van der Waals surface area contributed by atoms with Crippen molar-refractivity contribution in [2.24, 2.45) is 0 Å². The minimum absolute atomic E-state index is 0.171. The monoisotopic (exact) mass is 1140 g/mol. The summed E-state index contributed by atoms with van der Waals surface area (Å²) in [5.41, 5.74) is 24.2. The molecule has 12 aromatic carbocycles. The molecular weight excluding hydrogens is 1090 g/mol. The van der Waals surface area contributed by atoms with E-state index in [1.807, 2.05) is 11.3 Å². The third-order valence-corrected chi connectivity index (χ3v) is 19.2. The van der Waals surface area contributed by atoms with Crippen molar-refractivity contribution in [1.29, 1.82) is 0 Å². The van der Waals surface area contributed by atoms with Gasteiger partial charge in [0.15, 0.2) is 0 Å². The predicted molar refractivity (Wildman–Crippen MR) is 372 cm³/mol. The van der Waals surface area contributed by atoms with Crippen LogP contribution in [0.25, 0.3) is 11.0 Å². The van der Waals surface area contributed by atoms with Crippen molar-refractivity contribution in [3.63, 3.8) is 0 Å². The minimum atomic E-state index is -0.257. The maximum absolute atomic E-state index is 7.41. The van der Waals surface area contributed by atoms with E-state index in [9.17, 15) is 0 Å². The summed E-state index contributed by atoms with van der Waals surface area (Å²) in [5, 5.41) is 1.10. The van der Waals surface area contributed by atoms with Crippen molar-refractivity contribution < 1.29 is 4.42 Å². The topological polar surface area (TPSA) is 32.6 Å². The predicted octanol–water partition coefficient (Wildman–Crippen LogP) is 17.6. The van der Waals surface area contributed by atoms with E-state index in [2.05, 4.69) is 345 Å². The highest BCUT2D eigenvalue weighted by atomic mass is 32.1. The summed E-state index contributed by atoms with van der Waals surface area (Å²) in [7, 11) is 0. The van der Waals surface area contributed by atoms with Crippen LogP contribution in [0.4, 0.5) is 103 Å². The van der Waals surface area contributed by atoms with E-state index in [-0.39, 0.29) is 13.4 Å². The molecule has 0 radical (unpaired) electrons. The zero-order valence-electron chi connectivity index (χ0n) is 47.7. The Labute approximate surface area is 515 Å². The minimum Gasteiger partial charge on any atom is -0.440 e. The highest BCUT2D eigenvalue weighted by molar-refractivity contribution is 7.39. The molecule has 6 heterocycles. The van der Waals surface area contributed by atoms with E-state index < -0.39 is 0 Å². The van der Waals surface area contributed by atoms with Crippen LogP contribution in [0.1, 0.15) is 0 Å². The number of para-hydroxylation sites is 10. The molecule has 0 bridgehead atoms. The van der Waals surface area contributed by atoms with Gasteiger partial charge < -0.3 is 28.9 Å². The van der Waals surface area contributed by atoms with Crippen LogP contribution in [0.2, 0.25) is 0 Å². The molecule has 0 fully saturated rings. The van der Waals surface area contributed by atoms with E-state index in [1.54, 1.807) is 0 Å². The molecule has 88 heavy (non-hydrogen) atoms. The fourth-order valence-corrected chi connectivity index (χ4v) is 15.9. The molecule has 10 heteroatoms. The Morgan fingerprint density at radius 3 is 1.09 bits per heavy atom. The molecule has 0 unspecified atom stereocenters. The lowest BCUT2D eigenvalue weighted by Crippen LogP contribution is -2.60. The SMILES string of the molecule is c1ccc(N(c2ccccc2)c2cc3c4c(c2)N(c2ccccc2)c2c(sc5c2N(c2ccccc2)c2cc(N(c6ccccc6)c6ccccc6)cc6c2B5c2c(oc5ccccc25)N6c2ccccc2)B4c2ccccc2N3c2ccccc2)cc1. The second kappa shape index (κ2) is 20.2. The van der Waals surface area contributed by atoms with E-state index in [0.29, 0.717) is 0 Å². The van der Waals surface area contributed by atoms with Crippen LogP contribution in [0, 0.1) is 0 Å². The first-order chi connectivity index (χ1) is 43.7. The van der Waals surface area contributed by atoms with Crippen LogP contribution in [0.3, 0.4) is 0 Å². The highest BCUT2D eigenvalue weighted by Gasteiger charge is 2.53. The number of rotatable bonds is 10. The van der Waals surface area contributed by atoms with Crippen LogP contribution in [-0.2, 0) is 0 Å². The molecule has 4 aliphatic heterocycles. The quantitative estimate of drug-likeness (QED) is 0.126. The summed E-state index contributed by atoms with van der Waals surface area (Å²) < 4.78 is 9.95. The standard InChI is InChI=1S/C78H52B2N6OS/c1-9-29-53(30-10-1)81(54-31-11-2-12-32-54)61-49-66-72-67(50-61)84(58-39-19-6-20-40-58)74-75-77(88-76(74)79(72)64-46-26-27-47-65(64)83(66)57-37-17-5-18-38-57)80-71-63-45-25-28-48-70(63)87-78(71)86(60-43-23-8-24-44-60)69-52-62(51-68(73(69)80)85(75)59-41-21-7-22-42-59)82(55-33-13-3-14-34-55)56-35-15-4-16-36-56/h1-52H. The summed E-state index contributed by atoms with van der Waals surface area (Å²) >= 11 is 1.97. The Bertz CT molecular complexity index is 4880. The normalized spacial score (nSPS) is 13.1. The molecule has 0 saturated carbocycles. The summed E-state index contributed by atoms with van der Waals surface area (Å²) in [6, 6.07) is 115. The lowest BCUT2D eigenvalue weighted by atomic mass is 9.35. The average Bonchev–Trinajstić information content (AvgIpc) is 1.42. The number of thiophene rings is 1. The van der Waals surface area contributed by atoms with Gasteiger partial charge in [0.2, 0.25) is 5.88 Å². The molecule has 0 N–H and O–H groups in total. The first-order valence-corrected chi connectivity index (χ1v) is 30.9. The first kappa shape index (κ1) is 50.2. The van der Waals surface area contributed by atoms with Gasteiger partial charge in [0.25, 0.3) is 13.4 Å². The molecule has 18 rings (SSSR count). The molecule has 7 nitrogen and oxygen atoms in total. The van der Waals surface area contributed by atoms with Gasteiger partial charge in [-0.05, 0) is 150 Å². The van der Waals surface area contributed by atoms with Crippen molar-refractivity contribution in [2.45, 2.75) is 0 Å². The highest BCUT2D eigenvalue weighted by Crippen LogP contribution is 2.56. The fourth-order valence-electron chi connectivity index (χ4n) is 14.4. The Hall–Kier alpha value is -11.2. The molecule has 0 spiro atoms.